The molecule has 0 aliphatic heterocycles. The van der Waals surface area contributed by atoms with Crippen molar-refractivity contribution in [2.75, 3.05) is 11.5 Å². The third kappa shape index (κ3) is 2.05. The van der Waals surface area contributed by atoms with E-state index < -0.39 is 0 Å². The quantitative estimate of drug-likeness (QED) is 0.723. The number of benzene rings is 1. The van der Waals surface area contributed by atoms with Crippen LogP contribution in [0.2, 0.25) is 0 Å². The molecule has 4 N–H and O–H groups in total. The van der Waals surface area contributed by atoms with E-state index in [1.54, 1.807) is 11.3 Å². The molecule has 21 heavy (non-hydrogen) atoms. The molecule has 0 saturated heterocycles. The van der Waals surface area contributed by atoms with Gasteiger partial charge in [0, 0.05) is 4.88 Å². The molecule has 2 aromatic heterocycles. The van der Waals surface area contributed by atoms with E-state index in [4.69, 9.17) is 11.5 Å². The Balaban J connectivity index is 1.78. The van der Waals surface area contributed by atoms with Crippen molar-refractivity contribution < 1.29 is 0 Å². The molecule has 0 radical (unpaired) electrons. The maximum Gasteiger partial charge on any atom is 0.223 e. The third-order valence-electron chi connectivity index (χ3n) is 4.22. The van der Waals surface area contributed by atoms with E-state index in [0.29, 0.717) is 11.7 Å². The monoisotopic (exact) mass is 296 g/mol. The number of aryl methyl sites for hydroxylation is 1. The van der Waals surface area contributed by atoms with Crippen LogP contribution in [0.4, 0.5) is 11.8 Å². The van der Waals surface area contributed by atoms with Crippen molar-refractivity contribution in [1.29, 1.82) is 0 Å². The highest BCUT2D eigenvalue weighted by molar-refractivity contribution is 7.19. The van der Waals surface area contributed by atoms with Crippen molar-refractivity contribution in [2.45, 2.75) is 25.2 Å². The van der Waals surface area contributed by atoms with Gasteiger partial charge in [0.15, 0.2) is 0 Å². The second kappa shape index (κ2) is 4.70. The van der Waals surface area contributed by atoms with Gasteiger partial charge in [-0.1, -0.05) is 30.3 Å². The highest BCUT2D eigenvalue weighted by atomic mass is 32.1. The fourth-order valence-electron chi connectivity index (χ4n) is 3.23. The first-order chi connectivity index (χ1) is 10.2. The molecule has 1 aliphatic carbocycles. The van der Waals surface area contributed by atoms with Gasteiger partial charge in [-0.2, -0.15) is 4.98 Å². The van der Waals surface area contributed by atoms with Crippen LogP contribution in [0.3, 0.4) is 0 Å². The van der Waals surface area contributed by atoms with Crippen molar-refractivity contribution in [3.05, 3.63) is 46.3 Å². The Kier molecular flexibility index (Phi) is 2.82. The molecule has 5 heteroatoms. The standard InChI is InChI=1S/C16H16N4S/c17-14-13-11-7-6-10(9-4-2-1-3-5-9)8-12(11)21-15(13)20-16(18)19-14/h1-5,10H,6-8H2,(H4,17,18,19,20). The van der Waals surface area contributed by atoms with E-state index in [1.165, 1.54) is 16.0 Å². The van der Waals surface area contributed by atoms with E-state index in [9.17, 15) is 0 Å². The smallest absolute Gasteiger partial charge is 0.223 e. The maximum absolute atomic E-state index is 6.05. The lowest BCUT2D eigenvalue weighted by atomic mass is 9.83. The molecular formula is C16H16N4S. The Morgan fingerprint density at radius 3 is 2.71 bits per heavy atom. The van der Waals surface area contributed by atoms with Crippen molar-refractivity contribution in [2.24, 2.45) is 0 Å². The van der Waals surface area contributed by atoms with Gasteiger partial charge in [0.2, 0.25) is 5.95 Å². The number of nitrogens with zero attached hydrogens (tertiary/aromatic N) is 2. The van der Waals surface area contributed by atoms with E-state index in [0.717, 1.165) is 29.5 Å². The SMILES string of the molecule is Nc1nc(N)c2c3c(sc2n1)CC(c1ccccc1)CC3. The topological polar surface area (TPSA) is 77.8 Å². The molecule has 4 rings (SSSR count). The minimum absolute atomic E-state index is 0.262. The third-order valence-corrected chi connectivity index (χ3v) is 5.37. The molecule has 1 aromatic carbocycles. The second-order valence-corrected chi connectivity index (χ2v) is 6.59. The molecule has 1 atom stereocenters. The van der Waals surface area contributed by atoms with Crippen molar-refractivity contribution in [3.8, 4) is 0 Å². The molecule has 0 fully saturated rings. The number of fused-ring (bicyclic) bond motifs is 3. The Hall–Kier alpha value is -2.14. The number of hydrogen-bond acceptors (Lipinski definition) is 5. The minimum atomic E-state index is 0.262. The fraction of sp³-hybridized carbons (Fsp3) is 0.250. The van der Waals surface area contributed by atoms with Crippen LogP contribution in [-0.2, 0) is 12.8 Å². The molecule has 0 bridgehead atoms. The zero-order valence-corrected chi connectivity index (χ0v) is 12.4. The molecule has 4 nitrogen and oxygen atoms in total. The predicted molar refractivity (Wildman–Crippen MR) is 87.4 cm³/mol. The lowest BCUT2D eigenvalue weighted by Gasteiger charge is -2.22. The summed E-state index contributed by atoms with van der Waals surface area (Å²) in [7, 11) is 0. The summed E-state index contributed by atoms with van der Waals surface area (Å²) >= 11 is 1.72. The average Bonchev–Trinajstić information content (AvgIpc) is 2.85. The number of nitrogen functional groups attached to an aromatic ring is 2. The van der Waals surface area contributed by atoms with Crippen LogP contribution >= 0.6 is 11.3 Å². The number of rotatable bonds is 1. The second-order valence-electron chi connectivity index (χ2n) is 5.50. The average molecular weight is 296 g/mol. The molecule has 0 saturated carbocycles. The van der Waals surface area contributed by atoms with E-state index in [2.05, 4.69) is 40.3 Å². The van der Waals surface area contributed by atoms with Gasteiger partial charge in [0.1, 0.15) is 10.6 Å². The van der Waals surface area contributed by atoms with Gasteiger partial charge < -0.3 is 11.5 Å². The van der Waals surface area contributed by atoms with Gasteiger partial charge in [0.25, 0.3) is 0 Å². The first-order valence-electron chi connectivity index (χ1n) is 7.10. The normalized spacial score (nSPS) is 17.8. The molecule has 106 valence electrons. The Morgan fingerprint density at radius 1 is 1.10 bits per heavy atom. The first kappa shape index (κ1) is 12.6. The number of nitrogens with two attached hydrogens (primary N) is 2. The Bertz CT molecular complexity index is 810. The van der Waals surface area contributed by atoms with Crippen molar-refractivity contribution in [1.82, 2.24) is 9.97 Å². The van der Waals surface area contributed by atoms with Gasteiger partial charge in [-0.25, -0.2) is 4.98 Å². The van der Waals surface area contributed by atoms with Crippen LogP contribution in [0.15, 0.2) is 30.3 Å². The van der Waals surface area contributed by atoms with E-state index in [-0.39, 0.29) is 5.95 Å². The fourth-order valence-corrected chi connectivity index (χ4v) is 4.55. The highest BCUT2D eigenvalue weighted by Gasteiger charge is 2.25. The van der Waals surface area contributed by atoms with Crippen LogP contribution in [0.1, 0.15) is 28.3 Å². The zero-order chi connectivity index (χ0) is 14.4. The van der Waals surface area contributed by atoms with Gasteiger partial charge in [-0.15, -0.1) is 11.3 Å². The molecule has 3 aromatic rings. The molecular weight excluding hydrogens is 280 g/mol. The molecule has 0 spiro atoms. The van der Waals surface area contributed by atoms with Gasteiger partial charge in [-0.3, -0.25) is 0 Å². The van der Waals surface area contributed by atoms with Crippen LogP contribution in [0.5, 0.6) is 0 Å². The highest BCUT2D eigenvalue weighted by Crippen LogP contribution is 2.42. The zero-order valence-electron chi connectivity index (χ0n) is 11.5. The van der Waals surface area contributed by atoms with E-state index in [1.807, 2.05) is 0 Å². The van der Waals surface area contributed by atoms with Crippen LogP contribution in [0.25, 0.3) is 10.2 Å². The summed E-state index contributed by atoms with van der Waals surface area (Å²) in [5, 5.41) is 1.02. The summed E-state index contributed by atoms with van der Waals surface area (Å²) in [5.74, 6) is 1.37. The summed E-state index contributed by atoms with van der Waals surface area (Å²) in [6.07, 6.45) is 3.23. The number of hydrogen-bond donors (Lipinski definition) is 2. The molecule has 2 heterocycles. The van der Waals surface area contributed by atoms with Crippen LogP contribution < -0.4 is 11.5 Å². The molecule has 1 aliphatic rings. The largest absolute Gasteiger partial charge is 0.383 e. The van der Waals surface area contributed by atoms with Gasteiger partial charge in [-0.05, 0) is 36.3 Å². The summed E-state index contributed by atoms with van der Waals surface area (Å²) < 4.78 is 0. The Labute approximate surface area is 126 Å². The minimum Gasteiger partial charge on any atom is -0.383 e. The summed E-state index contributed by atoms with van der Waals surface area (Å²) in [6.45, 7) is 0. The van der Waals surface area contributed by atoms with Gasteiger partial charge >= 0.3 is 0 Å². The predicted octanol–water partition coefficient (Wildman–Crippen LogP) is 3.13. The number of anilines is 2. The molecule has 1 unspecified atom stereocenters. The maximum atomic E-state index is 6.05. The van der Waals surface area contributed by atoms with Crippen molar-refractivity contribution in [3.63, 3.8) is 0 Å². The lowest BCUT2D eigenvalue weighted by molar-refractivity contribution is 0.595. The van der Waals surface area contributed by atoms with Gasteiger partial charge in [0.05, 0.1) is 5.39 Å². The summed E-state index contributed by atoms with van der Waals surface area (Å²) in [5.41, 5.74) is 14.5. The van der Waals surface area contributed by atoms with Crippen molar-refractivity contribution >= 4 is 33.3 Å². The summed E-state index contributed by atoms with van der Waals surface area (Å²) in [4.78, 5) is 10.8. The number of thiophene rings is 1. The number of aromatic nitrogens is 2. The molecule has 0 amide bonds. The first-order valence-corrected chi connectivity index (χ1v) is 7.92. The summed E-state index contributed by atoms with van der Waals surface area (Å²) in [6, 6.07) is 10.7. The van der Waals surface area contributed by atoms with Crippen LogP contribution in [0, 0.1) is 0 Å². The van der Waals surface area contributed by atoms with E-state index >= 15 is 0 Å². The Morgan fingerprint density at radius 2 is 1.90 bits per heavy atom. The lowest BCUT2D eigenvalue weighted by Crippen LogP contribution is -2.11. The van der Waals surface area contributed by atoms with Crippen LogP contribution in [-0.4, -0.2) is 9.97 Å².